The molecule has 4 heteroatoms. The molecular weight excluding hydrogens is 262 g/mol. The molecule has 0 spiro atoms. The molecule has 2 saturated heterocycles. The quantitative estimate of drug-likeness (QED) is 0.784. The van der Waals surface area contributed by atoms with Gasteiger partial charge >= 0.3 is 0 Å². The Bertz CT molecular complexity index is 514. The Kier molecular flexibility index (Phi) is 3.76. The van der Waals surface area contributed by atoms with Gasteiger partial charge in [-0.3, -0.25) is 9.69 Å². The van der Waals surface area contributed by atoms with Crippen LogP contribution in [0.1, 0.15) is 24.2 Å². The van der Waals surface area contributed by atoms with Crippen molar-refractivity contribution in [3.8, 4) is 0 Å². The number of benzene rings is 1. The van der Waals surface area contributed by atoms with Gasteiger partial charge in [-0.15, -0.1) is 0 Å². The van der Waals surface area contributed by atoms with E-state index in [1.807, 2.05) is 35.2 Å². The second-order valence-corrected chi connectivity index (χ2v) is 6.97. The van der Waals surface area contributed by atoms with Crippen molar-refractivity contribution >= 4 is 5.91 Å². The molecule has 2 heterocycles. The number of piperazine rings is 2. The first-order chi connectivity index (χ1) is 9.97. The topological polar surface area (TPSA) is 26.8 Å². The fourth-order valence-electron chi connectivity index (χ4n) is 3.76. The molecule has 0 saturated carbocycles. The van der Waals surface area contributed by atoms with Crippen molar-refractivity contribution in [3.05, 3.63) is 35.9 Å². The molecule has 2 aliphatic heterocycles. The number of rotatable bonds is 1. The fraction of sp³-hybridized carbons (Fsp3) is 0.588. The average molecular weight is 287 g/mol. The van der Waals surface area contributed by atoms with Crippen molar-refractivity contribution in [2.75, 3.05) is 39.8 Å². The Morgan fingerprint density at radius 3 is 2.57 bits per heavy atom. The second-order valence-electron chi connectivity index (χ2n) is 6.97. The predicted molar refractivity (Wildman–Crippen MR) is 84.4 cm³/mol. The lowest BCUT2D eigenvalue weighted by atomic mass is 9.92. The van der Waals surface area contributed by atoms with E-state index in [1.54, 1.807) is 0 Å². The lowest BCUT2D eigenvalue weighted by Crippen LogP contribution is -2.69. The summed E-state index contributed by atoms with van der Waals surface area (Å²) in [6.45, 7) is 9.42. The molecule has 3 rings (SSSR count). The van der Waals surface area contributed by atoms with Crippen LogP contribution in [0, 0.1) is 0 Å². The maximum absolute atomic E-state index is 12.7. The molecule has 21 heavy (non-hydrogen) atoms. The minimum atomic E-state index is 0.0502. The number of likely N-dealkylation sites (N-methyl/N-ethyl adjacent to an activating group) is 1. The molecule has 1 aromatic carbocycles. The molecule has 114 valence electrons. The Morgan fingerprint density at radius 1 is 1.14 bits per heavy atom. The number of carbonyl (C=O) groups excluding carboxylic acids is 1. The van der Waals surface area contributed by atoms with Gasteiger partial charge in [0.15, 0.2) is 0 Å². The molecule has 4 nitrogen and oxygen atoms in total. The average Bonchev–Trinajstić information content (AvgIpc) is 2.46. The number of fused-ring (bicyclic) bond motifs is 1. The smallest absolute Gasteiger partial charge is 0.253 e. The van der Waals surface area contributed by atoms with E-state index >= 15 is 0 Å². The van der Waals surface area contributed by atoms with Crippen LogP contribution in [0.3, 0.4) is 0 Å². The maximum Gasteiger partial charge on any atom is 0.253 e. The molecule has 0 bridgehead atoms. The monoisotopic (exact) mass is 287 g/mol. The number of carbonyl (C=O) groups is 1. The summed E-state index contributed by atoms with van der Waals surface area (Å²) in [5.41, 5.74) is 0.847. The highest BCUT2D eigenvalue weighted by atomic mass is 16.2. The van der Waals surface area contributed by atoms with Crippen LogP contribution < -0.4 is 0 Å². The van der Waals surface area contributed by atoms with Gasteiger partial charge in [0.05, 0.1) is 0 Å². The highest BCUT2D eigenvalue weighted by Gasteiger charge is 2.43. The zero-order chi connectivity index (χ0) is 15.0. The lowest BCUT2D eigenvalue weighted by Gasteiger charge is -2.55. The van der Waals surface area contributed by atoms with Crippen molar-refractivity contribution in [3.63, 3.8) is 0 Å². The van der Waals surface area contributed by atoms with E-state index in [4.69, 9.17) is 0 Å². The second kappa shape index (κ2) is 5.43. The van der Waals surface area contributed by atoms with Crippen molar-refractivity contribution in [1.29, 1.82) is 0 Å². The summed E-state index contributed by atoms with van der Waals surface area (Å²) in [7, 11) is 2.17. The van der Waals surface area contributed by atoms with Crippen LogP contribution in [-0.4, -0.2) is 72.0 Å². The molecular formula is C17H25N3O. The molecule has 1 amide bonds. The van der Waals surface area contributed by atoms with E-state index in [9.17, 15) is 4.79 Å². The molecule has 0 N–H and O–H groups in total. The molecule has 1 aromatic rings. The van der Waals surface area contributed by atoms with Crippen LogP contribution in [0.4, 0.5) is 0 Å². The molecule has 0 radical (unpaired) electrons. The van der Waals surface area contributed by atoms with E-state index in [2.05, 4.69) is 30.7 Å². The van der Waals surface area contributed by atoms with Gasteiger partial charge in [0.2, 0.25) is 0 Å². The number of hydrogen-bond acceptors (Lipinski definition) is 3. The van der Waals surface area contributed by atoms with Gasteiger partial charge in [-0.1, -0.05) is 18.2 Å². The third kappa shape index (κ3) is 2.83. The number of nitrogens with zero attached hydrogens (tertiary/aromatic N) is 3. The minimum absolute atomic E-state index is 0.0502. The van der Waals surface area contributed by atoms with E-state index in [0.717, 1.165) is 38.3 Å². The zero-order valence-corrected chi connectivity index (χ0v) is 13.2. The van der Waals surface area contributed by atoms with E-state index in [0.29, 0.717) is 6.04 Å². The summed E-state index contributed by atoms with van der Waals surface area (Å²) >= 11 is 0. The van der Waals surface area contributed by atoms with Gasteiger partial charge in [0, 0.05) is 49.9 Å². The van der Waals surface area contributed by atoms with Gasteiger partial charge < -0.3 is 9.80 Å². The molecule has 0 aromatic heterocycles. The summed E-state index contributed by atoms with van der Waals surface area (Å²) in [6, 6.07) is 10.1. The fourth-order valence-corrected chi connectivity index (χ4v) is 3.76. The van der Waals surface area contributed by atoms with Gasteiger partial charge in [0.1, 0.15) is 0 Å². The Labute approximate surface area is 127 Å². The Balaban J connectivity index is 1.80. The van der Waals surface area contributed by atoms with Crippen LogP contribution >= 0.6 is 0 Å². The van der Waals surface area contributed by atoms with Crippen molar-refractivity contribution < 1.29 is 4.79 Å². The first-order valence-electron chi connectivity index (χ1n) is 7.77. The van der Waals surface area contributed by atoms with E-state index in [-0.39, 0.29) is 11.4 Å². The summed E-state index contributed by atoms with van der Waals surface area (Å²) in [5.74, 6) is 0.163. The first kappa shape index (κ1) is 14.5. The van der Waals surface area contributed by atoms with Gasteiger partial charge in [0.25, 0.3) is 5.91 Å². The summed E-state index contributed by atoms with van der Waals surface area (Å²) in [5, 5.41) is 0. The molecule has 2 aliphatic rings. The van der Waals surface area contributed by atoms with Crippen molar-refractivity contribution in [2.45, 2.75) is 25.4 Å². The van der Waals surface area contributed by atoms with Crippen LogP contribution in [0.5, 0.6) is 0 Å². The SMILES string of the molecule is CN1CCN2[C@@H](C1)CN(C(=O)c1ccccc1)CC2(C)C. The molecule has 2 fully saturated rings. The van der Waals surface area contributed by atoms with Crippen molar-refractivity contribution in [1.82, 2.24) is 14.7 Å². The van der Waals surface area contributed by atoms with Crippen LogP contribution in [0.25, 0.3) is 0 Å². The third-order valence-corrected chi connectivity index (χ3v) is 4.78. The largest absolute Gasteiger partial charge is 0.335 e. The maximum atomic E-state index is 12.7. The predicted octanol–water partition coefficient (Wildman–Crippen LogP) is 1.54. The Morgan fingerprint density at radius 2 is 1.86 bits per heavy atom. The van der Waals surface area contributed by atoms with Gasteiger partial charge in [-0.05, 0) is 33.0 Å². The lowest BCUT2D eigenvalue weighted by molar-refractivity contribution is -0.0514. The van der Waals surface area contributed by atoms with E-state index in [1.165, 1.54) is 0 Å². The highest BCUT2D eigenvalue weighted by molar-refractivity contribution is 5.94. The first-order valence-corrected chi connectivity index (χ1v) is 7.77. The van der Waals surface area contributed by atoms with E-state index < -0.39 is 0 Å². The zero-order valence-electron chi connectivity index (χ0n) is 13.2. The minimum Gasteiger partial charge on any atom is -0.335 e. The highest BCUT2D eigenvalue weighted by Crippen LogP contribution is 2.28. The standard InChI is InChI=1S/C17H25N3O/c1-17(2)13-19(16(21)14-7-5-4-6-8-14)12-15-11-18(3)9-10-20(15)17/h4-8,15H,9-13H2,1-3H3/t15-/m0/s1. The summed E-state index contributed by atoms with van der Waals surface area (Å²) in [6.07, 6.45) is 0. The van der Waals surface area contributed by atoms with Gasteiger partial charge in [-0.2, -0.15) is 0 Å². The summed E-state index contributed by atoms with van der Waals surface area (Å²) < 4.78 is 0. The summed E-state index contributed by atoms with van der Waals surface area (Å²) in [4.78, 5) is 19.7. The van der Waals surface area contributed by atoms with Crippen LogP contribution in [-0.2, 0) is 0 Å². The van der Waals surface area contributed by atoms with Crippen molar-refractivity contribution in [2.24, 2.45) is 0 Å². The normalized spacial score (nSPS) is 26.4. The Hall–Kier alpha value is -1.39. The number of hydrogen-bond donors (Lipinski definition) is 0. The van der Waals surface area contributed by atoms with Crippen LogP contribution in [0.2, 0.25) is 0 Å². The van der Waals surface area contributed by atoms with Crippen LogP contribution in [0.15, 0.2) is 30.3 Å². The molecule has 0 unspecified atom stereocenters. The van der Waals surface area contributed by atoms with Gasteiger partial charge in [-0.25, -0.2) is 0 Å². The molecule has 0 aliphatic carbocycles. The third-order valence-electron chi connectivity index (χ3n) is 4.78. The number of amides is 1. The molecule has 1 atom stereocenters.